The van der Waals surface area contributed by atoms with Crippen molar-refractivity contribution in [1.82, 2.24) is 14.9 Å². The zero-order chi connectivity index (χ0) is 22.8. The van der Waals surface area contributed by atoms with Gasteiger partial charge in [0.05, 0.1) is 28.1 Å². The first kappa shape index (κ1) is 22.3. The van der Waals surface area contributed by atoms with Crippen LogP contribution in [0.5, 0.6) is 0 Å². The van der Waals surface area contributed by atoms with Gasteiger partial charge in [-0.25, -0.2) is 0 Å². The average molecular weight is 439 g/mol. The van der Waals surface area contributed by atoms with Gasteiger partial charge in [0.2, 0.25) is 0 Å². The van der Waals surface area contributed by atoms with E-state index in [1.165, 1.54) is 19.3 Å². The van der Waals surface area contributed by atoms with Gasteiger partial charge in [0.1, 0.15) is 0 Å². The molecular formula is C21H15F6N3O. The SMILES string of the molecule is CN(Cc1cc(C(F)(F)F)cc(C(F)(F)F)c1)C(=O)c1ccc(-c2ccccn2)nc1. The summed E-state index contributed by atoms with van der Waals surface area (Å²) in [6, 6.07) is 9.48. The molecule has 2 heterocycles. The van der Waals surface area contributed by atoms with E-state index in [0.717, 1.165) is 4.90 Å². The van der Waals surface area contributed by atoms with Crippen molar-refractivity contribution in [2.45, 2.75) is 18.9 Å². The Bertz CT molecular complexity index is 1030. The van der Waals surface area contributed by atoms with Crippen LogP contribution in [-0.4, -0.2) is 27.8 Å². The largest absolute Gasteiger partial charge is 0.416 e. The zero-order valence-corrected chi connectivity index (χ0v) is 16.0. The number of nitrogens with zero attached hydrogens (tertiary/aromatic N) is 3. The molecule has 0 spiro atoms. The van der Waals surface area contributed by atoms with E-state index in [2.05, 4.69) is 9.97 Å². The third-order valence-electron chi connectivity index (χ3n) is 4.35. The first-order valence-electron chi connectivity index (χ1n) is 8.86. The lowest BCUT2D eigenvalue weighted by atomic mass is 10.0. The maximum atomic E-state index is 13.0. The van der Waals surface area contributed by atoms with Gasteiger partial charge in [-0.2, -0.15) is 26.3 Å². The van der Waals surface area contributed by atoms with Gasteiger partial charge in [0.15, 0.2) is 0 Å². The third kappa shape index (κ3) is 5.39. The fourth-order valence-corrected chi connectivity index (χ4v) is 2.86. The zero-order valence-electron chi connectivity index (χ0n) is 16.0. The second-order valence-electron chi connectivity index (χ2n) is 6.72. The summed E-state index contributed by atoms with van der Waals surface area (Å²) >= 11 is 0. The molecule has 0 N–H and O–H groups in total. The number of aromatic nitrogens is 2. The lowest BCUT2D eigenvalue weighted by Crippen LogP contribution is -2.26. The molecule has 0 aliphatic heterocycles. The standard InChI is InChI=1S/C21H15F6N3O/c1-30(12-13-8-15(20(22,23)24)10-16(9-13)21(25,26)27)19(31)14-5-6-18(29-11-14)17-4-2-3-7-28-17/h2-11H,12H2,1H3. The third-order valence-corrected chi connectivity index (χ3v) is 4.35. The number of carbonyl (C=O) groups is 1. The molecule has 2 aromatic heterocycles. The lowest BCUT2D eigenvalue weighted by Gasteiger charge is -2.20. The molecule has 1 aromatic carbocycles. The van der Waals surface area contributed by atoms with E-state index < -0.39 is 35.9 Å². The minimum Gasteiger partial charge on any atom is -0.337 e. The van der Waals surface area contributed by atoms with Gasteiger partial charge in [-0.1, -0.05) is 6.07 Å². The number of carbonyl (C=O) groups excluding carboxylic acids is 1. The van der Waals surface area contributed by atoms with Crippen LogP contribution in [0.4, 0.5) is 26.3 Å². The van der Waals surface area contributed by atoms with Crippen LogP contribution < -0.4 is 0 Å². The second kappa shape index (κ2) is 8.37. The van der Waals surface area contributed by atoms with E-state index in [0.29, 0.717) is 23.5 Å². The highest BCUT2D eigenvalue weighted by atomic mass is 19.4. The molecular weight excluding hydrogens is 424 g/mol. The molecule has 0 aliphatic carbocycles. The molecule has 3 rings (SSSR count). The Morgan fingerprint density at radius 3 is 1.97 bits per heavy atom. The summed E-state index contributed by atoms with van der Waals surface area (Å²) in [5.74, 6) is -0.606. The highest BCUT2D eigenvalue weighted by Crippen LogP contribution is 2.36. The Kier molecular flexibility index (Phi) is 6.01. The summed E-state index contributed by atoms with van der Waals surface area (Å²) in [6.07, 6.45) is -7.06. The van der Waals surface area contributed by atoms with Gasteiger partial charge in [0, 0.05) is 26.0 Å². The molecule has 0 fully saturated rings. The van der Waals surface area contributed by atoms with Crippen LogP contribution in [0.1, 0.15) is 27.0 Å². The molecule has 0 saturated carbocycles. The van der Waals surface area contributed by atoms with Crippen molar-refractivity contribution in [1.29, 1.82) is 0 Å². The van der Waals surface area contributed by atoms with E-state index in [1.807, 2.05) is 0 Å². The number of alkyl halides is 6. The number of halogens is 6. The smallest absolute Gasteiger partial charge is 0.337 e. The summed E-state index contributed by atoms with van der Waals surface area (Å²) < 4.78 is 78.1. The van der Waals surface area contributed by atoms with Gasteiger partial charge >= 0.3 is 12.4 Å². The van der Waals surface area contributed by atoms with Crippen LogP contribution in [-0.2, 0) is 18.9 Å². The Labute approximate surface area is 173 Å². The molecule has 0 saturated heterocycles. The van der Waals surface area contributed by atoms with Crippen molar-refractivity contribution >= 4 is 5.91 Å². The molecule has 0 unspecified atom stereocenters. The summed E-state index contributed by atoms with van der Waals surface area (Å²) in [7, 11) is 1.28. The average Bonchev–Trinajstić information content (AvgIpc) is 2.72. The molecule has 10 heteroatoms. The monoisotopic (exact) mass is 439 g/mol. The number of pyridine rings is 2. The normalized spacial score (nSPS) is 12.0. The maximum absolute atomic E-state index is 13.0. The second-order valence-corrected chi connectivity index (χ2v) is 6.72. The highest BCUT2D eigenvalue weighted by molar-refractivity contribution is 5.94. The molecule has 0 bridgehead atoms. The first-order chi connectivity index (χ1) is 14.4. The quantitative estimate of drug-likeness (QED) is 0.508. The van der Waals surface area contributed by atoms with Gasteiger partial charge in [-0.05, 0) is 48.0 Å². The van der Waals surface area contributed by atoms with Crippen molar-refractivity contribution in [3.05, 3.63) is 83.2 Å². The topological polar surface area (TPSA) is 46.1 Å². The van der Waals surface area contributed by atoms with Gasteiger partial charge in [-0.15, -0.1) is 0 Å². The number of amides is 1. The van der Waals surface area contributed by atoms with Crippen molar-refractivity contribution in [3.8, 4) is 11.4 Å². The number of benzene rings is 1. The summed E-state index contributed by atoms with van der Waals surface area (Å²) in [5.41, 5.74) is -1.94. The molecule has 0 radical (unpaired) electrons. The first-order valence-corrected chi connectivity index (χ1v) is 8.86. The van der Waals surface area contributed by atoms with E-state index in [1.54, 1.807) is 30.5 Å². The van der Waals surface area contributed by atoms with Crippen LogP contribution >= 0.6 is 0 Å². The summed E-state index contributed by atoms with van der Waals surface area (Å²) in [4.78, 5) is 21.9. The van der Waals surface area contributed by atoms with Gasteiger partial charge in [0.25, 0.3) is 5.91 Å². The maximum Gasteiger partial charge on any atom is 0.416 e. The summed E-state index contributed by atoms with van der Waals surface area (Å²) in [5, 5.41) is 0. The molecule has 0 aliphatic rings. The Balaban J connectivity index is 1.82. The van der Waals surface area contributed by atoms with Crippen LogP contribution in [0.25, 0.3) is 11.4 Å². The number of hydrogen-bond acceptors (Lipinski definition) is 3. The lowest BCUT2D eigenvalue weighted by molar-refractivity contribution is -0.143. The van der Waals surface area contributed by atoms with Crippen LogP contribution in [0.15, 0.2) is 60.9 Å². The fraction of sp³-hybridized carbons (Fsp3) is 0.190. The van der Waals surface area contributed by atoms with Crippen LogP contribution in [0.2, 0.25) is 0 Å². The van der Waals surface area contributed by atoms with Crippen molar-refractivity contribution in [3.63, 3.8) is 0 Å². The Morgan fingerprint density at radius 2 is 1.48 bits per heavy atom. The number of hydrogen-bond donors (Lipinski definition) is 0. The van der Waals surface area contributed by atoms with Crippen molar-refractivity contribution in [2.24, 2.45) is 0 Å². The molecule has 31 heavy (non-hydrogen) atoms. The molecule has 0 atom stereocenters. The molecule has 3 aromatic rings. The van der Waals surface area contributed by atoms with E-state index in [-0.39, 0.29) is 17.2 Å². The highest BCUT2D eigenvalue weighted by Gasteiger charge is 2.37. The minimum absolute atomic E-state index is 0.0472. The summed E-state index contributed by atoms with van der Waals surface area (Å²) in [6.45, 7) is -0.451. The van der Waals surface area contributed by atoms with Crippen LogP contribution in [0.3, 0.4) is 0 Å². The minimum atomic E-state index is -4.95. The van der Waals surface area contributed by atoms with E-state index in [4.69, 9.17) is 0 Å². The Hall–Kier alpha value is -3.43. The predicted octanol–water partition coefficient (Wildman–Crippen LogP) is 5.45. The fourth-order valence-electron chi connectivity index (χ4n) is 2.86. The molecule has 1 amide bonds. The van der Waals surface area contributed by atoms with E-state index >= 15 is 0 Å². The van der Waals surface area contributed by atoms with Gasteiger partial charge in [-0.3, -0.25) is 14.8 Å². The van der Waals surface area contributed by atoms with Crippen LogP contribution in [0, 0.1) is 0 Å². The van der Waals surface area contributed by atoms with Gasteiger partial charge < -0.3 is 4.90 Å². The molecule has 162 valence electrons. The Morgan fingerprint density at radius 1 is 0.871 bits per heavy atom. The van der Waals surface area contributed by atoms with Crippen molar-refractivity contribution in [2.75, 3.05) is 7.05 Å². The van der Waals surface area contributed by atoms with E-state index in [9.17, 15) is 31.1 Å². The molecule has 4 nitrogen and oxygen atoms in total. The predicted molar refractivity (Wildman–Crippen MR) is 99.7 cm³/mol. The number of rotatable bonds is 4. The van der Waals surface area contributed by atoms with Crippen molar-refractivity contribution < 1.29 is 31.1 Å².